The number of hydrogen-bond acceptors (Lipinski definition) is 4. The number of nitrogens with two attached hydrogens (primary N) is 1. The highest BCUT2D eigenvalue weighted by atomic mass is 32.2. The lowest BCUT2D eigenvalue weighted by atomic mass is 9.93. The monoisotopic (exact) mass is 383 g/mol. The van der Waals surface area contributed by atoms with Crippen molar-refractivity contribution in [1.82, 2.24) is 0 Å². The molecule has 0 amide bonds. The zero-order chi connectivity index (χ0) is 19.5. The van der Waals surface area contributed by atoms with Crippen LogP contribution in [0.2, 0.25) is 0 Å². The van der Waals surface area contributed by atoms with E-state index in [0.29, 0.717) is 18.2 Å². The predicted octanol–water partition coefficient (Wildman–Crippen LogP) is 3.61. The molecule has 1 aromatic carbocycles. The Hall–Kier alpha value is -1.21. The van der Waals surface area contributed by atoms with E-state index in [0.717, 1.165) is 18.1 Å². The fourth-order valence-electron chi connectivity index (χ4n) is 2.80. The van der Waals surface area contributed by atoms with Crippen LogP contribution in [0.25, 0.3) is 0 Å². The van der Waals surface area contributed by atoms with Crippen LogP contribution >= 0.6 is 0 Å². The Bertz CT molecular complexity index is 640. The summed E-state index contributed by atoms with van der Waals surface area (Å²) >= 11 is 0. The zero-order valence-corrected chi connectivity index (χ0v) is 16.5. The summed E-state index contributed by atoms with van der Waals surface area (Å²) in [4.78, 5) is 0. The van der Waals surface area contributed by atoms with Gasteiger partial charge in [0, 0.05) is 0 Å². The van der Waals surface area contributed by atoms with Gasteiger partial charge in [0.05, 0.1) is 17.6 Å². The SMILES string of the molecule is CCCCCCCCc1ccc(CCC(N)(C=CS(=O)(=O)O)CO)cc1. The van der Waals surface area contributed by atoms with Crippen molar-refractivity contribution in [1.29, 1.82) is 0 Å². The first-order valence-electron chi connectivity index (χ1n) is 9.42. The van der Waals surface area contributed by atoms with Crippen LogP contribution in [-0.2, 0) is 23.0 Å². The minimum atomic E-state index is -4.24. The zero-order valence-electron chi connectivity index (χ0n) is 15.7. The largest absolute Gasteiger partial charge is 0.394 e. The van der Waals surface area contributed by atoms with Crippen molar-refractivity contribution in [2.45, 2.75) is 70.3 Å². The van der Waals surface area contributed by atoms with Crippen molar-refractivity contribution >= 4 is 10.1 Å². The summed E-state index contributed by atoms with van der Waals surface area (Å²) in [5, 5.41) is 10.1. The Labute approximate surface area is 158 Å². The van der Waals surface area contributed by atoms with E-state index >= 15 is 0 Å². The minimum Gasteiger partial charge on any atom is -0.394 e. The molecule has 0 fully saturated rings. The molecular weight excluding hydrogens is 350 g/mol. The number of aliphatic hydroxyl groups is 1. The maximum atomic E-state index is 10.8. The van der Waals surface area contributed by atoms with E-state index in [1.807, 2.05) is 0 Å². The first kappa shape index (κ1) is 22.8. The average Bonchev–Trinajstić information content (AvgIpc) is 2.61. The van der Waals surface area contributed by atoms with Gasteiger partial charge in [0.2, 0.25) is 0 Å². The van der Waals surface area contributed by atoms with Crippen molar-refractivity contribution < 1.29 is 18.1 Å². The standard InChI is InChI=1S/C20H33NO4S/c1-2-3-4-5-6-7-8-18-9-11-19(12-10-18)13-14-20(21,17-22)15-16-26(23,24)25/h9-12,15-16,22H,2-8,13-14,17,21H2,1H3,(H,23,24,25). The summed E-state index contributed by atoms with van der Waals surface area (Å²) in [7, 11) is -4.24. The molecular formula is C20H33NO4S. The van der Waals surface area contributed by atoms with Crippen molar-refractivity contribution in [3.63, 3.8) is 0 Å². The van der Waals surface area contributed by atoms with Crippen LogP contribution in [0.1, 0.15) is 63.0 Å². The summed E-state index contributed by atoms with van der Waals surface area (Å²) in [5.74, 6) is 0. The van der Waals surface area contributed by atoms with Gasteiger partial charge in [0.1, 0.15) is 0 Å². The second-order valence-electron chi connectivity index (χ2n) is 7.04. The van der Waals surface area contributed by atoms with E-state index in [4.69, 9.17) is 10.3 Å². The smallest absolute Gasteiger partial charge is 0.287 e. The van der Waals surface area contributed by atoms with Crippen LogP contribution in [0.3, 0.4) is 0 Å². The normalized spacial score (nSPS) is 14.6. The Morgan fingerprint density at radius 3 is 2.08 bits per heavy atom. The highest BCUT2D eigenvalue weighted by Gasteiger charge is 2.21. The van der Waals surface area contributed by atoms with E-state index in [1.54, 1.807) is 0 Å². The number of rotatable bonds is 13. The lowest BCUT2D eigenvalue weighted by Gasteiger charge is -2.23. The molecule has 0 bridgehead atoms. The van der Waals surface area contributed by atoms with Crippen LogP contribution in [0.5, 0.6) is 0 Å². The molecule has 1 aromatic rings. The van der Waals surface area contributed by atoms with Crippen LogP contribution in [0.4, 0.5) is 0 Å². The van der Waals surface area contributed by atoms with E-state index in [2.05, 4.69) is 31.2 Å². The van der Waals surface area contributed by atoms with Crippen molar-refractivity contribution in [2.24, 2.45) is 5.73 Å². The third kappa shape index (κ3) is 10.1. The molecule has 26 heavy (non-hydrogen) atoms. The fraction of sp³-hybridized carbons (Fsp3) is 0.600. The van der Waals surface area contributed by atoms with Gasteiger partial charge in [-0.15, -0.1) is 0 Å². The molecule has 0 radical (unpaired) electrons. The van der Waals surface area contributed by atoms with E-state index in [-0.39, 0.29) is 0 Å². The Balaban J connectivity index is 2.45. The van der Waals surface area contributed by atoms with Crippen molar-refractivity contribution in [3.8, 4) is 0 Å². The number of benzene rings is 1. The highest BCUT2D eigenvalue weighted by molar-refractivity contribution is 7.88. The second kappa shape index (κ2) is 11.5. The molecule has 0 aromatic heterocycles. The van der Waals surface area contributed by atoms with Gasteiger partial charge in [-0.2, -0.15) is 8.42 Å². The van der Waals surface area contributed by atoms with Crippen LogP contribution in [-0.4, -0.2) is 30.2 Å². The lowest BCUT2D eigenvalue weighted by Crippen LogP contribution is -2.42. The summed E-state index contributed by atoms with van der Waals surface area (Å²) < 4.78 is 30.4. The van der Waals surface area contributed by atoms with Gasteiger partial charge in [-0.25, -0.2) is 0 Å². The third-order valence-electron chi connectivity index (χ3n) is 4.59. The highest BCUT2D eigenvalue weighted by Crippen LogP contribution is 2.16. The molecule has 1 rings (SSSR count). The molecule has 0 heterocycles. The van der Waals surface area contributed by atoms with Crippen molar-refractivity contribution in [2.75, 3.05) is 6.61 Å². The van der Waals surface area contributed by atoms with Gasteiger partial charge >= 0.3 is 0 Å². The molecule has 5 nitrogen and oxygen atoms in total. The Morgan fingerprint density at radius 2 is 1.54 bits per heavy atom. The first-order chi connectivity index (χ1) is 12.3. The predicted molar refractivity (Wildman–Crippen MR) is 107 cm³/mol. The molecule has 1 atom stereocenters. The van der Waals surface area contributed by atoms with E-state index in [9.17, 15) is 13.5 Å². The molecule has 0 aliphatic heterocycles. The molecule has 0 aliphatic rings. The quantitative estimate of drug-likeness (QED) is 0.357. The maximum absolute atomic E-state index is 10.8. The molecule has 0 spiro atoms. The van der Waals surface area contributed by atoms with Crippen LogP contribution in [0.15, 0.2) is 35.7 Å². The van der Waals surface area contributed by atoms with Crippen LogP contribution < -0.4 is 5.73 Å². The second-order valence-corrected chi connectivity index (χ2v) is 8.35. The lowest BCUT2D eigenvalue weighted by molar-refractivity contribution is 0.220. The van der Waals surface area contributed by atoms with Gasteiger partial charge in [-0.3, -0.25) is 4.55 Å². The molecule has 0 saturated carbocycles. The fourth-order valence-corrected chi connectivity index (χ4v) is 3.24. The summed E-state index contributed by atoms with van der Waals surface area (Å²) in [6, 6.07) is 8.34. The minimum absolute atomic E-state index is 0.381. The molecule has 4 N–H and O–H groups in total. The first-order valence-corrected chi connectivity index (χ1v) is 10.9. The number of aliphatic hydroxyl groups excluding tert-OH is 1. The topological polar surface area (TPSA) is 101 Å². The Kier molecular flexibility index (Phi) is 10.1. The number of unbranched alkanes of at least 4 members (excludes halogenated alkanes) is 5. The van der Waals surface area contributed by atoms with E-state index in [1.165, 1.54) is 44.1 Å². The molecule has 6 heteroatoms. The third-order valence-corrected chi connectivity index (χ3v) is 5.07. The van der Waals surface area contributed by atoms with Gasteiger partial charge in [-0.1, -0.05) is 63.3 Å². The van der Waals surface area contributed by atoms with Crippen molar-refractivity contribution in [3.05, 3.63) is 46.9 Å². The van der Waals surface area contributed by atoms with Gasteiger partial charge in [-0.05, 0) is 42.9 Å². The summed E-state index contributed by atoms with van der Waals surface area (Å²) in [5.41, 5.74) is 7.21. The number of aryl methyl sites for hydroxylation is 2. The average molecular weight is 384 g/mol. The molecule has 0 saturated heterocycles. The van der Waals surface area contributed by atoms with Crippen LogP contribution in [0, 0.1) is 0 Å². The summed E-state index contributed by atoms with van der Waals surface area (Å²) in [6.45, 7) is 1.83. The van der Waals surface area contributed by atoms with Gasteiger partial charge < -0.3 is 10.8 Å². The maximum Gasteiger partial charge on any atom is 0.287 e. The Morgan fingerprint density at radius 1 is 1.00 bits per heavy atom. The molecule has 148 valence electrons. The summed E-state index contributed by atoms with van der Waals surface area (Å²) in [6.07, 6.45) is 10.9. The van der Waals surface area contributed by atoms with Gasteiger partial charge in [0.15, 0.2) is 0 Å². The number of hydrogen-bond donors (Lipinski definition) is 3. The van der Waals surface area contributed by atoms with E-state index < -0.39 is 22.3 Å². The molecule has 1 unspecified atom stereocenters. The molecule has 0 aliphatic carbocycles. The van der Waals surface area contributed by atoms with Gasteiger partial charge in [0.25, 0.3) is 10.1 Å².